The second kappa shape index (κ2) is 9.24. The molecule has 0 radical (unpaired) electrons. The summed E-state index contributed by atoms with van der Waals surface area (Å²) in [6.45, 7) is 9.19. The van der Waals surface area contributed by atoms with E-state index in [1.807, 2.05) is 26.0 Å². The summed E-state index contributed by atoms with van der Waals surface area (Å²) in [4.78, 5) is 15.4. The van der Waals surface area contributed by atoms with Crippen molar-refractivity contribution in [3.05, 3.63) is 63.3 Å². The zero-order valence-electron chi connectivity index (χ0n) is 18.2. The molecule has 164 valence electrons. The van der Waals surface area contributed by atoms with Crippen LogP contribution in [-0.2, 0) is 13.1 Å². The molecular formula is C23H28ClN5O2. The van der Waals surface area contributed by atoms with Crippen LogP contribution in [0.2, 0.25) is 5.02 Å². The fraction of sp³-hybridized carbons (Fsp3) is 0.435. The van der Waals surface area contributed by atoms with Gasteiger partial charge in [-0.25, -0.2) is 0 Å². The number of halogens is 1. The molecule has 0 saturated carbocycles. The van der Waals surface area contributed by atoms with Crippen molar-refractivity contribution in [3.63, 3.8) is 0 Å². The van der Waals surface area contributed by atoms with Crippen molar-refractivity contribution < 1.29 is 9.32 Å². The molecule has 31 heavy (non-hydrogen) atoms. The molecule has 3 heterocycles. The Hall–Kier alpha value is -2.64. The summed E-state index contributed by atoms with van der Waals surface area (Å²) in [5, 5.41) is 12.0. The summed E-state index contributed by atoms with van der Waals surface area (Å²) in [6.07, 6.45) is 3.88. The van der Waals surface area contributed by atoms with E-state index in [0.717, 1.165) is 36.7 Å². The topological polar surface area (TPSA) is 76.2 Å². The molecule has 1 N–H and O–H groups in total. The van der Waals surface area contributed by atoms with E-state index in [1.165, 1.54) is 24.8 Å². The third kappa shape index (κ3) is 4.83. The third-order valence-corrected chi connectivity index (χ3v) is 6.41. The molecule has 0 spiro atoms. The number of nitrogens with zero attached hydrogens (tertiary/aromatic N) is 4. The quantitative estimate of drug-likeness (QED) is 0.598. The number of hydrogen-bond acceptors (Lipinski definition) is 5. The van der Waals surface area contributed by atoms with Gasteiger partial charge in [0.25, 0.3) is 5.91 Å². The minimum atomic E-state index is -0.303. The maximum Gasteiger partial charge on any atom is 0.278 e. The molecule has 7 nitrogen and oxygen atoms in total. The number of piperidine rings is 1. The van der Waals surface area contributed by atoms with Crippen LogP contribution >= 0.6 is 11.6 Å². The van der Waals surface area contributed by atoms with Crippen LogP contribution in [-0.4, -0.2) is 38.8 Å². The van der Waals surface area contributed by atoms with Gasteiger partial charge in [-0.05, 0) is 64.4 Å². The van der Waals surface area contributed by atoms with Crippen LogP contribution in [0.3, 0.4) is 0 Å². The molecule has 0 atom stereocenters. The van der Waals surface area contributed by atoms with Crippen LogP contribution in [0.4, 0.5) is 5.69 Å². The maximum atomic E-state index is 12.9. The SMILES string of the molecule is Cc1nn(Cc2c(C(=O)Nc3ccc(CN4CCCCC4)cc3)noc2C)c(C)c1Cl. The van der Waals surface area contributed by atoms with E-state index in [1.54, 1.807) is 11.6 Å². The first-order valence-electron chi connectivity index (χ1n) is 10.7. The summed E-state index contributed by atoms with van der Waals surface area (Å²) in [5.41, 5.74) is 4.53. The molecule has 0 aliphatic carbocycles. The number of carbonyl (C=O) groups is 1. The van der Waals surface area contributed by atoms with Crippen LogP contribution < -0.4 is 5.32 Å². The molecule has 1 aromatic carbocycles. The molecule has 2 aromatic heterocycles. The van der Waals surface area contributed by atoms with Crippen LogP contribution in [0.25, 0.3) is 0 Å². The number of nitrogens with one attached hydrogen (secondary N) is 1. The summed E-state index contributed by atoms with van der Waals surface area (Å²) in [6, 6.07) is 8.00. The smallest absolute Gasteiger partial charge is 0.278 e. The lowest BCUT2D eigenvalue weighted by atomic mass is 10.1. The number of likely N-dealkylation sites (tertiary alicyclic amines) is 1. The highest BCUT2D eigenvalue weighted by molar-refractivity contribution is 6.31. The van der Waals surface area contributed by atoms with Gasteiger partial charge in [-0.15, -0.1) is 0 Å². The zero-order valence-corrected chi connectivity index (χ0v) is 19.0. The van der Waals surface area contributed by atoms with Gasteiger partial charge in [0.1, 0.15) is 5.76 Å². The van der Waals surface area contributed by atoms with E-state index in [4.69, 9.17) is 16.1 Å². The van der Waals surface area contributed by atoms with Crippen molar-refractivity contribution in [1.82, 2.24) is 19.8 Å². The molecule has 0 unspecified atom stereocenters. The fourth-order valence-electron chi connectivity index (χ4n) is 3.99. The van der Waals surface area contributed by atoms with E-state index in [2.05, 4.69) is 32.6 Å². The molecule has 3 aromatic rings. The van der Waals surface area contributed by atoms with Gasteiger partial charge in [-0.1, -0.05) is 35.3 Å². The summed E-state index contributed by atoms with van der Waals surface area (Å²) >= 11 is 6.26. The van der Waals surface area contributed by atoms with Crippen LogP contribution in [0.15, 0.2) is 28.8 Å². The lowest BCUT2D eigenvalue weighted by Crippen LogP contribution is -2.29. The highest BCUT2D eigenvalue weighted by Crippen LogP contribution is 2.23. The molecule has 1 fully saturated rings. The summed E-state index contributed by atoms with van der Waals surface area (Å²) < 4.78 is 7.08. The van der Waals surface area contributed by atoms with E-state index in [-0.39, 0.29) is 11.6 Å². The number of anilines is 1. The van der Waals surface area contributed by atoms with Crippen LogP contribution in [0, 0.1) is 20.8 Å². The first-order valence-corrected chi connectivity index (χ1v) is 11.1. The average molecular weight is 442 g/mol. The van der Waals surface area contributed by atoms with Crippen LogP contribution in [0.5, 0.6) is 0 Å². The number of aromatic nitrogens is 3. The first kappa shape index (κ1) is 21.6. The number of hydrogen-bond donors (Lipinski definition) is 1. The van der Waals surface area contributed by atoms with Gasteiger partial charge in [0.05, 0.1) is 23.0 Å². The summed E-state index contributed by atoms with van der Waals surface area (Å²) in [7, 11) is 0. The Kier molecular flexibility index (Phi) is 6.43. The van der Waals surface area contributed by atoms with Crippen LogP contribution in [0.1, 0.15) is 58.0 Å². The van der Waals surface area contributed by atoms with Gasteiger partial charge >= 0.3 is 0 Å². The van der Waals surface area contributed by atoms with Gasteiger partial charge in [0, 0.05) is 17.8 Å². The van der Waals surface area contributed by atoms with Crippen molar-refractivity contribution in [2.24, 2.45) is 0 Å². The summed E-state index contributed by atoms with van der Waals surface area (Å²) in [5.74, 6) is 0.286. The van der Waals surface area contributed by atoms with E-state index >= 15 is 0 Å². The second-order valence-electron chi connectivity index (χ2n) is 8.20. The Morgan fingerprint density at radius 1 is 1.10 bits per heavy atom. The van der Waals surface area contributed by atoms with E-state index in [0.29, 0.717) is 22.9 Å². The van der Waals surface area contributed by atoms with E-state index in [9.17, 15) is 4.79 Å². The number of carbonyl (C=O) groups excluding carboxylic acids is 1. The van der Waals surface area contributed by atoms with Gasteiger partial charge in [0.2, 0.25) is 0 Å². The fourth-order valence-corrected chi connectivity index (χ4v) is 4.13. The highest BCUT2D eigenvalue weighted by atomic mass is 35.5. The number of benzene rings is 1. The minimum absolute atomic E-state index is 0.263. The van der Waals surface area contributed by atoms with Gasteiger partial charge in [-0.3, -0.25) is 14.4 Å². The largest absolute Gasteiger partial charge is 0.361 e. The number of rotatable bonds is 6. The van der Waals surface area contributed by atoms with Crippen molar-refractivity contribution in [2.45, 2.75) is 53.1 Å². The van der Waals surface area contributed by atoms with Crippen molar-refractivity contribution in [1.29, 1.82) is 0 Å². The second-order valence-corrected chi connectivity index (χ2v) is 8.57. The molecule has 1 aliphatic rings. The molecule has 4 rings (SSSR count). The Morgan fingerprint density at radius 2 is 1.81 bits per heavy atom. The van der Waals surface area contributed by atoms with Gasteiger partial charge in [0.15, 0.2) is 5.69 Å². The normalized spacial score (nSPS) is 14.7. The minimum Gasteiger partial charge on any atom is -0.361 e. The number of amides is 1. The highest BCUT2D eigenvalue weighted by Gasteiger charge is 2.22. The monoisotopic (exact) mass is 441 g/mol. The number of aryl methyl sites for hydroxylation is 2. The molecule has 1 saturated heterocycles. The predicted molar refractivity (Wildman–Crippen MR) is 121 cm³/mol. The molecule has 8 heteroatoms. The molecular weight excluding hydrogens is 414 g/mol. The van der Waals surface area contributed by atoms with Crippen molar-refractivity contribution in [2.75, 3.05) is 18.4 Å². The average Bonchev–Trinajstić information content (AvgIpc) is 3.25. The lowest BCUT2D eigenvalue weighted by molar-refractivity contribution is 0.101. The van der Waals surface area contributed by atoms with Crippen molar-refractivity contribution >= 4 is 23.2 Å². The maximum absolute atomic E-state index is 12.9. The Balaban J connectivity index is 1.44. The Bertz CT molecular complexity index is 1060. The third-order valence-electron chi connectivity index (χ3n) is 5.87. The Labute approximate surface area is 187 Å². The molecule has 1 amide bonds. The predicted octanol–water partition coefficient (Wildman–Crippen LogP) is 4.74. The molecule has 0 bridgehead atoms. The Morgan fingerprint density at radius 3 is 2.45 bits per heavy atom. The lowest BCUT2D eigenvalue weighted by Gasteiger charge is -2.26. The van der Waals surface area contributed by atoms with E-state index < -0.39 is 0 Å². The standard InChI is InChI=1S/C23H28ClN5O2/c1-15-21(24)16(2)29(26-15)14-20-17(3)31-27-22(20)23(30)25-19-9-7-18(8-10-19)13-28-11-5-4-6-12-28/h7-10H,4-6,11-14H2,1-3H3,(H,25,30). The van der Waals surface area contributed by atoms with Crippen molar-refractivity contribution in [3.8, 4) is 0 Å². The zero-order chi connectivity index (χ0) is 22.0. The molecule has 1 aliphatic heterocycles. The first-order chi connectivity index (χ1) is 14.9. The van der Waals surface area contributed by atoms with Gasteiger partial charge in [-0.2, -0.15) is 5.10 Å². The van der Waals surface area contributed by atoms with Gasteiger partial charge < -0.3 is 9.84 Å².